The van der Waals surface area contributed by atoms with Gasteiger partial charge in [0.2, 0.25) is 0 Å². The van der Waals surface area contributed by atoms with E-state index in [1.54, 1.807) is 14.2 Å². The summed E-state index contributed by atoms with van der Waals surface area (Å²) in [5.41, 5.74) is 2.61. The Kier molecular flexibility index (Phi) is 7.80. The molecule has 0 amide bonds. The molecule has 0 spiro atoms. The topological polar surface area (TPSA) is 58.6 Å². The number of hydrogen-bond donors (Lipinski definition) is 1. The van der Waals surface area contributed by atoms with Gasteiger partial charge in [0.15, 0.2) is 17.5 Å². The molecule has 3 rings (SSSR count). The first kappa shape index (κ1) is 20.7. The number of nitrogens with one attached hydrogen (secondary N) is 1. The fourth-order valence-electron chi connectivity index (χ4n) is 3.79. The molecule has 0 bridgehead atoms. The Morgan fingerprint density at radius 3 is 2.50 bits per heavy atom. The van der Waals surface area contributed by atoms with Crippen molar-refractivity contribution in [1.29, 1.82) is 0 Å². The minimum Gasteiger partial charge on any atom is -0.493 e. The van der Waals surface area contributed by atoms with Gasteiger partial charge >= 0.3 is 0 Å². The van der Waals surface area contributed by atoms with Crippen molar-refractivity contribution in [1.82, 2.24) is 15.1 Å². The predicted molar refractivity (Wildman–Crippen MR) is 112 cm³/mol. The van der Waals surface area contributed by atoms with Crippen molar-refractivity contribution < 1.29 is 14.2 Å². The molecule has 156 valence electrons. The Balaban J connectivity index is 1.61. The third-order valence-electron chi connectivity index (χ3n) is 5.35. The molecule has 7 heteroatoms. The number of morpholine rings is 1. The lowest BCUT2D eigenvalue weighted by atomic mass is 9.99. The van der Waals surface area contributed by atoms with Crippen LogP contribution < -0.4 is 14.8 Å². The van der Waals surface area contributed by atoms with Gasteiger partial charge in [-0.1, -0.05) is 0 Å². The van der Waals surface area contributed by atoms with Gasteiger partial charge < -0.3 is 24.4 Å². The number of ether oxygens (including phenoxy) is 3. The molecule has 1 aromatic rings. The lowest BCUT2D eigenvalue weighted by Gasteiger charge is -2.32. The number of fused-ring (bicyclic) bond motifs is 1. The third kappa shape index (κ3) is 5.29. The maximum atomic E-state index is 5.48. The Morgan fingerprint density at radius 2 is 1.82 bits per heavy atom. The van der Waals surface area contributed by atoms with Crippen LogP contribution in [0.15, 0.2) is 17.1 Å². The molecule has 2 aliphatic heterocycles. The van der Waals surface area contributed by atoms with Crippen molar-refractivity contribution in [3.63, 3.8) is 0 Å². The van der Waals surface area contributed by atoms with Crippen molar-refractivity contribution in [3.05, 3.63) is 23.3 Å². The summed E-state index contributed by atoms with van der Waals surface area (Å²) in [6.45, 7) is 10.5. The van der Waals surface area contributed by atoms with Gasteiger partial charge in [-0.3, -0.25) is 9.89 Å². The maximum Gasteiger partial charge on any atom is 0.194 e. The lowest BCUT2D eigenvalue weighted by molar-refractivity contribution is 0.0377. The molecular formula is C21H34N4O3. The van der Waals surface area contributed by atoms with Gasteiger partial charge in [-0.2, -0.15) is 0 Å². The highest BCUT2D eigenvalue weighted by Gasteiger charge is 2.21. The Hall–Kier alpha value is -1.99. The van der Waals surface area contributed by atoms with Gasteiger partial charge in [0.05, 0.1) is 27.4 Å². The van der Waals surface area contributed by atoms with E-state index in [2.05, 4.69) is 34.2 Å². The van der Waals surface area contributed by atoms with Crippen LogP contribution in [0.3, 0.4) is 0 Å². The number of hydrogen-bond acceptors (Lipinski definition) is 5. The fourth-order valence-corrected chi connectivity index (χ4v) is 3.79. The molecule has 1 aromatic carbocycles. The predicted octanol–water partition coefficient (Wildman–Crippen LogP) is 1.75. The Bertz CT molecular complexity index is 659. The summed E-state index contributed by atoms with van der Waals surface area (Å²) < 4.78 is 16.3. The molecule has 0 aromatic heterocycles. The van der Waals surface area contributed by atoms with Crippen LogP contribution in [-0.4, -0.2) is 82.5 Å². The molecule has 0 saturated carbocycles. The highest BCUT2D eigenvalue weighted by molar-refractivity contribution is 5.80. The van der Waals surface area contributed by atoms with E-state index in [1.165, 1.54) is 11.1 Å². The first-order valence-electron chi connectivity index (χ1n) is 10.3. The largest absolute Gasteiger partial charge is 0.493 e. The average molecular weight is 391 g/mol. The van der Waals surface area contributed by atoms with E-state index in [-0.39, 0.29) is 0 Å². The number of guanidine groups is 1. The van der Waals surface area contributed by atoms with Crippen LogP contribution in [0.25, 0.3) is 0 Å². The van der Waals surface area contributed by atoms with E-state index in [0.717, 1.165) is 89.3 Å². The van der Waals surface area contributed by atoms with Crippen LogP contribution in [-0.2, 0) is 17.7 Å². The van der Waals surface area contributed by atoms with Crippen molar-refractivity contribution in [3.8, 4) is 11.5 Å². The Labute approximate surface area is 168 Å². The molecule has 1 fully saturated rings. The Morgan fingerprint density at radius 1 is 1.11 bits per heavy atom. The second kappa shape index (κ2) is 10.5. The standard InChI is InChI=1S/C21H34N4O3/c1-4-22-21(23-7-5-8-24-10-12-28-13-11-24)25-9-6-17-14-19(26-2)20(27-3)15-18(17)16-25/h14-15H,4-13,16H2,1-3H3,(H,22,23). The summed E-state index contributed by atoms with van der Waals surface area (Å²) in [5.74, 6) is 2.60. The molecule has 2 aliphatic rings. The summed E-state index contributed by atoms with van der Waals surface area (Å²) in [5, 5.41) is 3.46. The molecular weight excluding hydrogens is 356 g/mol. The SMILES string of the molecule is CCNC(=NCCCN1CCOCC1)N1CCc2cc(OC)c(OC)cc2C1. The summed E-state index contributed by atoms with van der Waals surface area (Å²) in [6.07, 6.45) is 2.05. The van der Waals surface area contributed by atoms with E-state index in [4.69, 9.17) is 19.2 Å². The van der Waals surface area contributed by atoms with E-state index >= 15 is 0 Å². The van der Waals surface area contributed by atoms with E-state index in [0.29, 0.717) is 0 Å². The number of rotatable bonds is 7. The van der Waals surface area contributed by atoms with Crippen molar-refractivity contribution in [2.75, 3.05) is 66.7 Å². The zero-order chi connectivity index (χ0) is 19.8. The molecule has 0 unspecified atom stereocenters. The number of benzene rings is 1. The lowest BCUT2D eigenvalue weighted by Crippen LogP contribution is -2.44. The van der Waals surface area contributed by atoms with Crippen LogP contribution in [0, 0.1) is 0 Å². The molecule has 1 N–H and O–H groups in total. The zero-order valence-electron chi connectivity index (χ0n) is 17.5. The summed E-state index contributed by atoms with van der Waals surface area (Å²) >= 11 is 0. The van der Waals surface area contributed by atoms with Gasteiger partial charge in [-0.25, -0.2) is 0 Å². The first-order valence-corrected chi connectivity index (χ1v) is 10.3. The van der Waals surface area contributed by atoms with Crippen LogP contribution in [0.1, 0.15) is 24.5 Å². The van der Waals surface area contributed by atoms with Crippen LogP contribution in [0.4, 0.5) is 0 Å². The smallest absolute Gasteiger partial charge is 0.194 e. The quantitative estimate of drug-likeness (QED) is 0.435. The number of aliphatic imine (C=N–C) groups is 1. The monoisotopic (exact) mass is 390 g/mol. The summed E-state index contributed by atoms with van der Waals surface area (Å²) in [7, 11) is 3.37. The van der Waals surface area contributed by atoms with Gasteiger partial charge in [0, 0.05) is 45.8 Å². The van der Waals surface area contributed by atoms with E-state index < -0.39 is 0 Å². The normalized spacial score (nSPS) is 18.0. The summed E-state index contributed by atoms with van der Waals surface area (Å²) in [6, 6.07) is 4.21. The molecule has 0 aliphatic carbocycles. The van der Waals surface area contributed by atoms with Crippen molar-refractivity contribution in [2.24, 2.45) is 4.99 Å². The fraction of sp³-hybridized carbons (Fsp3) is 0.667. The van der Waals surface area contributed by atoms with Gasteiger partial charge in [-0.05, 0) is 43.0 Å². The second-order valence-corrected chi connectivity index (χ2v) is 7.19. The van der Waals surface area contributed by atoms with Gasteiger partial charge in [0.25, 0.3) is 0 Å². The molecule has 7 nitrogen and oxygen atoms in total. The van der Waals surface area contributed by atoms with Crippen LogP contribution in [0.2, 0.25) is 0 Å². The molecule has 1 saturated heterocycles. The highest BCUT2D eigenvalue weighted by atomic mass is 16.5. The minimum atomic E-state index is 0.788. The van der Waals surface area contributed by atoms with E-state index in [1.807, 2.05) is 0 Å². The van der Waals surface area contributed by atoms with Crippen LogP contribution >= 0.6 is 0 Å². The molecule has 28 heavy (non-hydrogen) atoms. The first-order chi connectivity index (χ1) is 13.7. The van der Waals surface area contributed by atoms with Crippen molar-refractivity contribution in [2.45, 2.75) is 26.3 Å². The molecule has 2 heterocycles. The number of methoxy groups -OCH3 is 2. The third-order valence-corrected chi connectivity index (χ3v) is 5.35. The molecule has 0 atom stereocenters. The second-order valence-electron chi connectivity index (χ2n) is 7.19. The maximum absolute atomic E-state index is 5.48. The van der Waals surface area contributed by atoms with Gasteiger partial charge in [-0.15, -0.1) is 0 Å². The van der Waals surface area contributed by atoms with Gasteiger partial charge in [0.1, 0.15) is 0 Å². The van der Waals surface area contributed by atoms with Crippen LogP contribution in [0.5, 0.6) is 11.5 Å². The number of nitrogens with zero attached hydrogens (tertiary/aromatic N) is 3. The molecule has 0 radical (unpaired) electrons. The zero-order valence-corrected chi connectivity index (χ0v) is 17.5. The summed E-state index contributed by atoms with van der Waals surface area (Å²) in [4.78, 5) is 9.69. The average Bonchev–Trinajstić information content (AvgIpc) is 2.75. The minimum absolute atomic E-state index is 0.788. The van der Waals surface area contributed by atoms with Crippen molar-refractivity contribution >= 4 is 5.96 Å². The van der Waals surface area contributed by atoms with E-state index in [9.17, 15) is 0 Å². The highest BCUT2D eigenvalue weighted by Crippen LogP contribution is 2.33.